The third-order valence-electron chi connectivity index (χ3n) is 2.90. The second kappa shape index (κ2) is 4.57. The van der Waals surface area contributed by atoms with Gasteiger partial charge in [0, 0.05) is 23.0 Å². The highest BCUT2D eigenvalue weighted by molar-refractivity contribution is 5.67. The summed E-state index contributed by atoms with van der Waals surface area (Å²) in [5, 5.41) is 4.24. The normalized spacial score (nSPS) is 10.6. The third kappa shape index (κ3) is 2.20. The Bertz CT molecular complexity index is 704. The molecule has 3 rings (SSSR count). The third-order valence-corrected chi connectivity index (χ3v) is 2.90. The lowest BCUT2D eigenvalue weighted by Gasteiger charge is -2.02. The van der Waals surface area contributed by atoms with Gasteiger partial charge in [-0.15, -0.1) is 0 Å². The van der Waals surface area contributed by atoms with Crippen molar-refractivity contribution in [2.75, 3.05) is 5.73 Å². The number of nitrogen functional groups attached to an aromatic ring is 1. The highest BCUT2D eigenvalue weighted by Gasteiger charge is 2.08. The second-order valence-electron chi connectivity index (χ2n) is 4.25. The van der Waals surface area contributed by atoms with Crippen molar-refractivity contribution in [3.63, 3.8) is 0 Å². The summed E-state index contributed by atoms with van der Waals surface area (Å²) in [7, 11) is 0. The molecule has 0 aliphatic carbocycles. The highest BCUT2D eigenvalue weighted by Crippen LogP contribution is 2.25. The Morgan fingerprint density at radius 1 is 1.05 bits per heavy atom. The van der Waals surface area contributed by atoms with E-state index in [4.69, 9.17) is 5.73 Å². The zero-order valence-corrected chi connectivity index (χ0v) is 10.1. The van der Waals surface area contributed by atoms with Crippen LogP contribution >= 0.6 is 0 Å². The van der Waals surface area contributed by atoms with Crippen LogP contribution in [0.5, 0.6) is 0 Å². The molecule has 0 aliphatic heterocycles. The van der Waals surface area contributed by atoms with Crippen LogP contribution in [0.25, 0.3) is 16.8 Å². The average Bonchev–Trinajstić information content (AvgIpc) is 2.92. The number of nitrogens with two attached hydrogens (primary N) is 1. The van der Waals surface area contributed by atoms with E-state index in [1.807, 2.05) is 30.3 Å². The molecule has 0 atom stereocenters. The first-order chi connectivity index (χ1) is 9.24. The molecule has 0 saturated carbocycles. The van der Waals surface area contributed by atoms with E-state index in [-0.39, 0.29) is 5.82 Å². The summed E-state index contributed by atoms with van der Waals surface area (Å²) in [6, 6.07) is 14.2. The topological polar surface area (TPSA) is 43.8 Å². The Kier molecular flexibility index (Phi) is 2.76. The maximum absolute atomic E-state index is 13.8. The van der Waals surface area contributed by atoms with Gasteiger partial charge in [-0.1, -0.05) is 18.2 Å². The lowest BCUT2D eigenvalue weighted by molar-refractivity contribution is 0.631. The SMILES string of the molecule is Nc1ccc(F)c(-c2cnn(-c3ccccc3)c2)c1. The molecule has 0 spiro atoms. The van der Waals surface area contributed by atoms with Gasteiger partial charge in [-0.2, -0.15) is 5.10 Å². The Morgan fingerprint density at radius 2 is 1.84 bits per heavy atom. The van der Waals surface area contributed by atoms with Gasteiger partial charge in [0.2, 0.25) is 0 Å². The molecule has 0 amide bonds. The van der Waals surface area contributed by atoms with Crippen molar-refractivity contribution in [2.24, 2.45) is 0 Å². The Balaban J connectivity index is 2.04. The molecule has 0 aliphatic rings. The summed E-state index contributed by atoms with van der Waals surface area (Å²) in [5.74, 6) is -0.304. The van der Waals surface area contributed by atoms with Crippen LogP contribution in [0.3, 0.4) is 0 Å². The van der Waals surface area contributed by atoms with Crippen molar-refractivity contribution in [1.82, 2.24) is 9.78 Å². The number of hydrogen-bond acceptors (Lipinski definition) is 2. The van der Waals surface area contributed by atoms with Crippen molar-refractivity contribution in [3.05, 3.63) is 66.7 Å². The largest absolute Gasteiger partial charge is 0.399 e. The van der Waals surface area contributed by atoms with E-state index in [2.05, 4.69) is 5.10 Å². The molecular weight excluding hydrogens is 241 g/mol. The van der Waals surface area contributed by atoms with Gasteiger partial charge in [0.05, 0.1) is 11.9 Å². The quantitative estimate of drug-likeness (QED) is 0.712. The second-order valence-corrected chi connectivity index (χ2v) is 4.25. The molecule has 19 heavy (non-hydrogen) atoms. The predicted octanol–water partition coefficient (Wildman–Crippen LogP) is 3.26. The number of para-hydroxylation sites is 1. The van der Waals surface area contributed by atoms with E-state index >= 15 is 0 Å². The number of aromatic nitrogens is 2. The van der Waals surface area contributed by atoms with Crippen LogP contribution < -0.4 is 5.73 Å². The van der Waals surface area contributed by atoms with E-state index in [0.717, 1.165) is 5.69 Å². The average molecular weight is 253 g/mol. The van der Waals surface area contributed by atoms with Gasteiger partial charge in [-0.3, -0.25) is 0 Å². The number of hydrogen-bond donors (Lipinski definition) is 1. The molecule has 4 heteroatoms. The minimum absolute atomic E-state index is 0.304. The van der Waals surface area contributed by atoms with Gasteiger partial charge in [0.25, 0.3) is 0 Å². The van der Waals surface area contributed by atoms with Crippen LogP contribution in [0, 0.1) is 5.82 Å². The maximum Gasteiger partial charge on any atom is 0.131 e. The molecule has 3 aromatic rings. The number of benzene rings is 2. The molecule has 0 fully saturated rings. The van der Waals surface area contributed by atoms with Crippen LogP contribution in [0.4, 0.5) is 10.1 Å². The predicted molar refractivity (Wildman–Crippen MR) is 73.4 cm³/mol. The van der Waals surface area contributed by atoms with Crippen LogP contribution in [0.1, 0.15) is 0 Å². The van der Waals surface area contributed by atoms with Crippen molar-refractivity contribution in [2.45, 2.75) is 0 Å². The molecule has 94 valence electrons. The summed E-state index contributed by atoms with van der Waals surface area (Å²) in [4.78, 5) is 0. The Hall–Kier alpha value is -2.62. The van der Waals surface area contributed by atoms with Gasteiger partial charge < -0.3 is 5.73 Å². The summed E-state index contributed by atoms with van der Waals surface area (Å²) in [5.41, 5.74) is 8.31. The van der Waals surface area contributed by atoms with Gasteiger partial charge in [-0.25, -0.2) is 9.07 Å². The monoisotopic (exact) mass is 253 g/mol. The lowest BCUT2D eigenvalue weighted by atomic mass is 10.1. The standard InChI is InChI=1S/C15H12FN3/c16-15-7-6-12(17)8-14(15)11-9-18-19(10-11)13-4-2-1-3-5-13/h1-10H,17H2. The van der Waals surface area contributed by atoms with E-state index in [1.165, 1.54) is 6.07 Å². The first-order valence-electron chi connectivity index (χ1n) is 5.89. The highest BCUT2D eigenvalue weighted by atomic mass is 19.1. The smallest absolute Gasteiger partial charge is 0.131 e. The van der Waals surface area contributed by atoms with E-state index in [1.54, 1.807) is 29.2 Å². The molecule has 0 saturated heterocycles. The molecule has 0 unspecified atom stereocenters. The molecule has 2 aromatic carbocycles. The minimum atomic E-state index is -0.304. The lowest BCUT2D eigenvalue weighted by Crippen LogP contribution is -1.92. The summed E-state index contributed by atoms with van der Waals surface area (Å²) in [6.07, 6.45) is 3.41. The molecule has 1 heterocycles. The van der Waals surface area contributed by atoms with Gasteiger partial charge in [-0.05, 0) is 30.3 Å². The fraction of sp³-hybridized carbons (Fsp3) is 0. The van der Waals surface area contributed by atoms with Crippen molar-refractivity contribution >= 4 is 5.69 Å². The van der Waals surface area contributed by atoms with E-state index < -0.39 is 0 Å². The zero-order chi connectivity index (χ0) is 13.2. The molecule has 3 nitrogen and oxygen atoms in total. The minimum Gasteiger partial charge on any atom is -0.399 e. The summed E-state index contributed by atoms with van der Waals surface area (Å²) < 4.78 is 15.5. The molecule has 0 bridgehead atoms. The summed E-state index contributed by atoms with van der Waals surface area (Å²) in [6.45, 7) is 0. The molecule has 1 aromatic heterocycles. The first-order valence-corrected chi connectivity index (χ1v) is 5.89. The summed E-state index contributed by atoms with van der Waals surface area (Å²) >= 11 is 0. The van der Waals surface area contributed by atoms with E-state index in [0.29, 0.717) is 16.8 Å². The molecular formula is C15H12FN3. The van der Waals surface area contributed by atoms with Crippen molar-refractivity contribution < 1.29 is 4.39 Å². The van der Waals surface area contributed by atoms with Crippen LogP contribution in [0.2, 0.25) is 0 Å². The fourth-order valence-corrected chi connectivity index (χ4v) is 1.95. The Labute approximate surface area is 110 Å². The number of halogens is 1. The van der Waals surface area contributed by atoms with Crippen molar-refractivity contribution in [1.29, 1.82) is 0 Å². The zero-order valence-electron chi connectivity index (χ0n) is 10.1. The maximum atomic E-state index is 13.8. The van der Waals surface area contributed by atoms with Gasteiger partial charge >= 0.3 is 0 Å². The van der Waals surface area contributed by atoms with Crippen LogP contribution in [-0.4, -0.2) is 9.78 Å². The van der Waals surface area contributed by atoms with Crippen LogP contribution in [-0.2, 0) is 0 Å². The first kappa shape index (κ1) is 11.5. The number of nitrogens with zero attached hydrogens (tertiary/aromatic N) is 2. The van der Waals surface area contributed by atoms with Crippen LogP contribution in [0.15, 0.2) is 60.9 Å². The fourth-order valence-electron chi connectivity index (χ4n) is 1.95. The Morgan fingerprint density at radius 3 is 2.63 bits per heavy atom. The number of anilines is 1. The van der Waals surface area contributed by atoms with Crippen molar-refractivity contribution in [3.8, 4) is 16.8 Å². The van der Waals surface area contributed by atoms with E-state index in [9.17, 15) is 4.39 Å². The number of rotatable bonds is 2. The molecule has 0 radical (unpaired) electrons. The molecule has 2 N–H and O–H groups in total. The van der Waals surface area contributed by atoms with Gasteiger partial charge in [0.15, 0.2) is 0 Å². The van der Waals surface area contributed by atoms with Gasteiger partial charge in [0.1, 0.15) is 5.82 Å².